The third-order valence-electron chi connectivity index (χ3n) is 7.17. The van der Waals surface area contributed by atoms with E-state index >= 15 is 0 Å². The van der Waals surface area contributed by atoms with E-state index in [-0.39, 0.29) is 0 Å². The van der Waals surface area contributed by atoms with Gasteiger partial charge in [0.15, 0.2) is 0 Å². The van der Waals surface area contributed by atoms with Gasteiger partial charge in [-0.15, -0.1) is 11.3 Å². The maximum atomic E-state index is 3.73. The summed E-state index contributed by atoms with van der Waals surface area (Å²) in [6.07, 6.45) is 0. The van der Waals surface area contributed by atoms with Crippen LogP contribution in [-0.2, 0) is 0 Å². The highest BCUT2D eigenvalue weighted by molar-refractivity contribution is 7.27. The molecule has 0 atom stereocenters. The average Bonchev–Trinajstić information content (AvgIpc) is 3.47. The van der Waals surface area contributed by atoms with Crippen LogP contribution in [0.4, 0.5) is 0 Å². The first-order valence-electron chi connectivity index (χ1n) is 11.6. The monoisotopic (exact) mass is 449 g/mol. The Kier molecular flexibility index (Phi) is 3.60. The summed E-state index contributed by atoms with van der Waals surface area (Å²) < 4.78 is 2.73. The van der Waals surface area contributed by atoms with Gasteiger partial charge in [-0.05, 0) is 39.4 Å². The Morgan fingerprint density at radius 3 is 2.15 bits per heavy atom. The third-order valence-corrected chi connectivity index (χ3v) is 8.43. The van der Waals surface area contributed by atoms with Crippen molar-refractivity contribution in [3.05, 3.63) is 109 Å². The average molecular weight is 450 g/mol. The van der Waals surface area contributed by atoms with E-state index in [0.717, 1.165) is 0 Å². The molecule has 1 nitrogen and oxygen atoms in total. The van der Waals surface area contributed by atoms with Crippen molar-refractivity contribution < 1.29 is 0 Å². The van der Waals surface area contributed by atoms with Gasteiger partial charge in [0, 0.05) is 41.8 Å². The molecule has 0 amide bonds. The lowest BCUT2D eigenvalue weighted by Crippen LogP contribution is -1.80. The van der Waals surface area contributed by atoms with E-state index in [1.165, 1.54) is 74.6 Å². The first-order valence-corrected chi connectivity index (χ1v) is 12.4. The lowest BCUT2D eigenvalue weighted by molar-refractivity contribution is 1.57. The van der Waals surface area contributed by atoms with Gasteiger partial charge >= 0.3 is 0 Å². The predicted molar refractivity (Wildman–Crippen MR) is 149 cm³/mol. The Hall–Kier alpha value is -4.14. The van der Waals surface area contributed by atoms with Gasteiger partial charge in [0.2, 0.25) is 0 Å². The molecule has 8 aromatic rings. The summed E-state index contributed by atoms with van der Waals surface area (Å²) in [5.41, 5.74) is 5.02. The Balaban J connectivity index is 1.58. The van der Waals surface area contributed by atoms with Crippen LogP contribution in [0, 0.1) is 0 Å². The number of rotatable bonds is 1. The highest BCUT2D eigenvalue weighted by Gasteiger charge is 2.19. The summed E-state index contributed by atoms with van der Waals surface area (Å²) in [5, 5.41) is 10.5. The van der Waals surface area contributed by atoms with Crippen LogP contribution in [0.2, 0.25) is 0 Å². The zero-order valence-electron chi connectivity index (χ0n) is 18.3. The van der Waals surface area contributed by atoms with Crippen LogP contribution in [0.1, 0.15) is 0 Å². The molecule has 0 spiro atoms. The highest BCUT2D eigenvalue weighted by atomic mass is 32.1. The van der Waals surface area contributed by atoms with Gasteiger partial charge in [-0.25, -0.2) is 0 Å². The number of nitrogens with one attached hydrogen (secondary N) is 1. The SMILES string of the molecule is c1ccc2cc(-c3cccc4c3sc3c4c4ccccc4c4[nH]c5ccccc5c43)ccc2c1. The summed E-state index contributed by atoms with van der Waals surface area (Å²) >= 11 is 1.93. The number of aromatic amines is 1. The van der Waals surface area contributed by atoms with Crippen LogP contribution < -0.4 is 0 Å². The van der Waals surface area contributed by atoms with Crippen LogP contribution in [0.25, 0.3) is 74.6 Å². The minimum Gasteiger partial charge on any atom is -0.354 e. The molecule has 0 fully saturated rings. The van der Waals surface area contributed by atoms with E-state index in [0.29, 0.717) is 0 Å². The van der Waals surface area contributed by atoms with Crippen molar-refractivity contribution in [2.75, 3.05) is 0 Å². The highest BCUT2D eigenvalue weighted by Crippen LogP contribution is 2.48. The number of para-hydroxylation sites is 1. The summed E-state index contributed by atoms with van der Waals surface area (Å²) in [6, 6.07) is 39.7. The van der Waals surface area contributed by atoms with E-state index in [4.69, 9.17) is 0 Å². The fourth-order valence-electron chi connectivity index (χ4n) is 5.65. The Labute approximate surface area is 199 Å². The van der Waals surface area contributed by atoms with Gasteiger partial charge in [-0.3, -0.25) is 0 Å². The molecule has 2 aromatic heterocycles. The van der Waals surface area contributed by atoms with Crippen LogP contribution in [-0.4, -0.2) is 4.98 Å². The van der Waals surface area contributed by atoms with Crippen molar-refractivity contribution in [2.45, 2.75) is 0 Å². The standard InChI is InChI=1S/C32H19NS/c1-2-9-20-18-21(17-16-19(20)8-1)22-13-7-14-26-28-23-10-3-4-11-24(23)30-29(32(28)34-31(22)26)25-12-5-6-15-27(25)33-30/h1-18,33H. The number of thiophene rings is 1. The summed E-state index contributed by atoms with van der Waals surface area (Å²) in [5.74, 6) is 0. The second-order valence-electron chi connectivity index (χ2n) is 9.02. The van der Waals surface area contributed by atoms with Crippen LogP contribution in [0.5, 0.6) is 0 Å². The Bertz CT molecular complexity index is 2070. The van der Waals surface area contributed by atoms with Crippen molar-refractivity contribution in [2.24, 2.45) is 0 Å². The van der Waals surface area contributed by atoms with Crippen LogP contribution >= 0.6 is 11.3 Å². The molecule has 1 N–H and O–H groups in total. The molecule has 158 valence electrons. The zero-order valence-corrected chi connectivity index (χ0v) is 19.1. The van der Waals surface area contributed by atoms with Crippen molar-refractivity contribution >= 4 is 74.9 Å². The van der Waals surface area contributed by atoms with Gasteiger partial charge < -0.3 is 4.98 Å². The minimum absolute atomic E-state index is 1.20. The van der Waals surface area contributed by atoms with Gasteiger partial charge in [-0.2, -0.15) is 0 Å². The molecule has 2 heterocycles. The first kappa shape index (κ1) is 18.3. The van der Waals surface area contributed by atoms with Gasteiger partial charge in [-0.1, -0.05) is 97.1 Å². The number of aromatic nitrogens is 1. The molecule has 0 unspecified atom stereocenters. The summed E-state index contributed by atoms with van der Waals surface area (Å²) in [4.78, 5) is 3.73. The zero-order chi connectivity index (χ0) is 22.2. The number of benzene rings is 6. The summed E-state index contributed by atoms with van der Waals surface area (Å²) in [6.45, 7) is 0. The predicted octanol–water partition coefficient (Wildman–Crippen LogP) is 9.66. The lowest BCUT2D eigenvalue weighted by Gasteiger charge is -2.06. The quantitative estimate of drug-likeness (QED) is 0.257. The maximum absolute atomic E-state index is 3.73. The van der Waals surface area contributed by atoms with Crippen molar-refractivity contribution in [3.63, 3.8) is 0 Å². The minimum atomic E-state index is 1.20. The molecule has 0 saturated heterocycles. The van der Waals surface area contributed by atoms with E-state index < -0.39 is 0 Å². The fourth-order valence-corrected chi connectivity index (χ4v) is 7.06. The van der Waals surface area contributed by atoms with Gasteiger partial charge in [0.1, 0.15) is 0 Å². The van der Waals surface area contributed by atoms with E-state index in [1.54, 1.807) is 0 Å². The molecule has 0 bridgehead atoms. The summed E-state index contributed by atoms with van der Waals surface area (Å²) in [7, 11) is 0. The molecule has 0 aliphatic heterocycles. The van der Waals surface area contributed by atoms with Crippen LogP contribution in [0.3, 0.4) is 0 Å². The number of H-pyrrole nitrogens is 1. The van der Waals surface area contributed by atoms with E-state index in [9.17, 15) is 0 Å². The normalized spacial score (nSPS) is 12.1. The molecule has 8 rings (SSSR count). The number of fused-ring (bicyclic) bond motifs is 11. The van der Waals surface area contributed by atoms with E-state index in [1.807, 2.05) is 11.3 Å². The number of hydrogen-bond acceptors (Lipinski definition) is 1. The second-order valence-corrected chi connectivity index (χ2v) is 10.0. The Morgan fingerprint density at radius 2 is 1.24 bits per heavy atom. The molecule has 0 saturated carbocycles. The molecule has 2 heteroatoms. The molecular weight excluding hydrogens is 430 g/mol. The van der Waals surface area contributed by atoms with E-state index in [2.05, 4.69) is 114 Å². The van der Waals surface area contributed by atoms with Gasteiger partial charge in [0.25, 0.3) is 0 Å². The molecule has 0 aliphatic rings. The Morgan fingerprint density at radius 1 is 0.500 bits per heavy atom. The smallest absolute Gasteiger partial charge is 0.0559 e. The third kappa shape index (κ3) is 2.38. The van der Waals surface area contributed by atoms with Crippen molar-refractivity contribution in [1.82, 2.24) is 4.98 Å². The number of hydrogen-bond donors (Lipinski definition) is 1. The maximum Gasteiger partial charge on any atom is 0.0559 e. The molecular formula is C32H19NS. The largest absolute Gasteiger partial charge is 0.354 e. The lowest BCUT2D eigenvalue weighted by atomic mass is 9.97. The molecule has 0 radical (unpaired) electrons. The van der Waals surface area contributed by atoms with Crippen molar-refractivity contribution in [3.8, 4) is 11.1 Å². The van der Waals surface area contributed by atoms with Crippen molar-refractivity contribution in [1.29, 1.82) is 0 Å². The second kappa shape index (κ2) is 6.69. The van der Waals surface area contributed by atoms with Gasteiger partial charge in [0.05, 0.1) is 5.52 Å². The molecule has 0 aliphatic carbocycles. The molecule has 34 heavy (non-hydrogen) atoms. The fraction of sp³-hybridized carbons (Fsp3) is 0. The topological polar surface area (TPSA) is 15.8 Å². The molecule has 6 aromatic carbocycles. The van der Waals surface area contributed by atoms with Crippen LogP contribution in [0.15, 0.2) is 109 Å². The first-order chi connectivity index (χ1) is 16.9.